The van der Waals surface area contributed by atoms with E-state index in [2.05, 4.69) is 10.3 Å². The number of hydrogen-bond acceptors (Lipinski definition) is 5. The number of anilines is 2. The number of rotatable bonds is 4. The number of hydrogen-bond donors (Lipinski definition) is 2. The molecular formula is C12H11F2N3OS2. The molecule has 2 aromatic rings. The summed E-state index contributed by atoms with van der Waals surface area (Å²) in [6, 6.07) is 6.40. The molecule has 0 aliphatic carbocycles. The lowest BCUT2D eigenvalue weighted by atomic mass is 10.3. The summed E-state index contributed by atoms with van der Waals surface area (Å²) in [7, 11) is 0. The number of nitrogen functional groups attached to an aromatic ring is 1. The van der Waals surface area contributed by atoms with E-state index in [1.807, 2.05) is 0 Å². The molecule has 4 nitrogen and oxygen atoms in total. The van der Waals surface area contributed by atoms with Gasteiger partial charge in [0.05, 0.1) is 11.4 Å². The Kier molecular flexibility index (Phi) is 4.56. The number of amides is 1. The zero-order valence-electron chi connectivity index (χ0n) is 10.4. The molecule has 20 heavy (non-hydrogen) atoms. The fourth-order valence-corrected chi connectivity index (χ4v) is 2.90. The van der Waals surface area contributed by atoms with Crippen LogP contribution >= 0.6 is 23.1 Å². The molecule has 0 bridgehead atoms. The Bertz CT molecular complexity index is 631. The number of benzene rings is 1. The summed E-state index contributed by atoms with van der Waals surface area (Å²) in [5, 5.41) is 2.90. The Balaban J connectivity index is 2.22. The van der Waals surface area contributed by atoms with Gasteiger partial charge in [0, 0.05) is 4.90 Å². The molecule has 0 unspecified atom stereocenters. The van der Waals surface area contributed by atoms with Crippen LogP contribution in [-0.4, -0.2) is 16.6 Å². The minimum Gasteiger partial charge on any atom is -0.375 e. The second kappa shape index (κ2) is 6.19. The van der Waals surface area contributed by atoms with Crippen molar-refractivity contribution in [1.82, 2.24) is 4.98 Å². The topological polar surface area (TPSA) is 68.0 Å². The van der Waals surface area contributed by atoms with Crippen LogP contribution in [0.3, 0.4) is 0 Å². The number of alkyl halides is 2. The van der Waals surface area contributed by atoms with Crippen molar-refractivity contribution in [1.29, 1.82) is 0 Å². The first-order valence-corrected chi connectivity index (χ1v) is 7.25. The maximum atomic E-state index is 12.5. The molecule has 0 fully saturated rings. The Morgan fingerprint density at radius 2 is 2.15 bits per heavy atom. The van der Waals surface area contributed by atoms with Gasteiger partial charge in [0.15, 0.2) is 5.13 Å². The van der Waals surface area contributed by atoms with Crippen molar-refractivity contribution in [2.75, 3.05) is 11.1 Å². The minimum absolute atomic E-state index is 0.294. The van der Waals surface area contributed by atoms with Gasteiger partial charge in [-0.1, -0.05) is 35.2 Å². The molecule has 0 saturated carbocycles. The fourth-order valence-electron chi connectivity index (χ4n) is 1.58. The lowest BCUT2D eigenvalue weighted by Crippen LogP contribution is -2.12. The van der Waals surface area contributed by atoms with Gasteiger partial charge in [0.1, 0.15) is 4.88 Å². The van der Waals surface area contributed by atoms with Crippen LogP contribution in [0.2, 0.25) is 0 Å². The maximum Gasteiger partial charge on any atom is 0.288 e. The van der Waals surface area contributed by atoms with Gasteiger partial charge < -0.3 is 11.1 Å². The molecule has 0 saturated heterocycles. The number of aryl methyl sites for hydroxylation is 1. The van der Waals surface area contributed by atoms with Gasteiger partial charge in [-0.05, 0) is 19.1 Å². The summed E-state index contributed by atoms with van der Waals surface area (Å²) in [6.07, 6.45) is 0. The van der Waals surface area contributed by atoms with Crippen LogP contribution in [0.15, 0.2) is 29.2 Å². The summed E-state index contributed by atoms with van der Waals surface area (Å²) in [4.78, 5) is 16.7. The molecule has 2 rings (SSSR count). The molecular weight excluding hydrogens is 304 g/mol. The van der Waals surface area contributed by atoms with Crippen molar-refractivity contribution in [2.24, 2.45) is 0 Å². The molecule has 0 aliphatic rings. The highest BCUT2D eigenvalue weighted by molar-refractivity contribution is 7.99. The molecule has 0 aliphatic heterocycles. The second-order valence-electron chi connectivity index (χ2n) is 3.80. The largest absolute Gasteiger partial charge is 0.375 e. The van der Waals surface area contributed by atoms with Gasteiger partial charge in [-0.25, -0.2) is 4.98 Å². The van der Waals surface area contributed by atoms with E-state index in [1.165, 1.54) is 6.07 Å². The summed E-state index contributed by atoms with van der Waals surface area (Å²) in [5.74, 6) is -2.95. The van der Waals surface area contributed by atoms with Crippen LogP contribution < -0.4 is 11.1 Å². The standard InChI is InChI=1S/C12H11F2N3OS2/c1-6-9(20-12(15)16-6)10(18)17-7-4-2-3-5-8(7)19-11(13)14/h2-5,11H,1H3,(H2,15,16)(H,17,18). The molecule has 1 aromatic heterocycles. The first kappa shape index (κ1) is 14.7. The summed E-state index contributed by atoms with van der Waals surface area (Å²) in [5.41, 5.74) is 6.39. The third kappa shape index (κ3) is 3.45. The normalized spacial score (nSPS) is 10.8. The van der Waals surface area contributed by atoms with Crippen molar-refractivity contribution in [2.45, 2.75) is 17.6 Å². The van der Waals surface area contributed by atoms with Crippen molar-refractivity contribution >= 4 is 39.8 Å². The number of thiazole rings is 1. The number of aromatic nitrogens is 1. The van der Waals surface area contributed by atoms with Crippen LogP contribution in [0, 0.1) is 6.92 Å². The highest BCUT2D eigenvalue weighted by Gasteiger charge is 2.17. The fraction of sp³-hybridized carbons (Fsp3) is 0.167. The molecule has 1 amide bonds. The van der Waals surface area contributed by atoms with Crippen LogP contribution in [0.4, 0.5) is 19.6 Å². The van der Waals surface area contributed by atoms with E-state index in [9.17, 15) is 13.6 Å². The van der Waals surface area contributed by atoms with E-state index < -0.39 is 11.7 Å². The highest BCUT2D eigenvalue weighted by atomic mass is 32.2. The molecule has 3 N–H and O–H groups in total. The number of carbonyl (C=O) groups is 1. The molecule has 0 radical (unpaired) electrons. The van der Waals surface area contributed by atoms with Crippen LogP contribution in [0.1, 0.15) is 15.4 Å². The van der Waals surface area contributed by atoms with Crippen LogP contribution in [0.5, 0.6) is 0 Å². The van der Waals surface area contributed by atoms with Gasteiger partial charge in [-0.15, -0.1) is 0 Å². The third-order valence-electron chi connectivity index (χ3n) is 2.37. The summed E-state index contributed by atoms with van der Waals surface area (Å²) in [6.45, 7) is 1.67. The average Bonchev–Trinajstić information content (AvgIpc) is 2.70. The van der Waals surface area contributed by atoms with E-state index >= 15 is 0 Å². The number of nitrogens with two attached hydrogens (primary N) is 1. The smallest absolute Gasteiger partial charge is 0.288 e. The van der Waals surface area contributed by atoms with Crippen molar-refractivity contribution in [3.8, 4) is 0 Å². The summed E-state index contributed by atoms with van der Waals surface area (Å²) >= 11 is 1.45. The number of para-hydroxylation sites is 1. The Labute approximate surface area is 122 Å². The monoisotopic (exact) mass is 315 g/mol. The van der Waals surface area contributed by atoms with Crippen molar-refractivity contribution in [3.05, 3.63) is 34.8 Å². The quantitative estimate of drug-likeness (QED) is 0.846. The first-order chi connectivity index (χ1) is 9.47. The summed E-state index contributed by atoms with van der Waals surface area (Å²) < 4.78 is 24.9. The Morgan fingerprint density at radius 3 is 2.75 bits per heavy atom. The zero-order chi connectivity index (χ0) is 14.7. The lowest BCUT2D eigenvalue weighted by molar-refractivity contribution is 0.102. The number of thioether (sulfide) groups is 1. The predicted molar refractivity (Wildman–Crippen MR) is 77.5 cm³/mol. The second-order valence-corrected chi connectivity index (χ2v) is 5.86. The minimum atomic E-state index is -2.55. The third-order valence-corrected chi connectivity index (χ3v) is 4.14. The lowest BCUT2D eigenvalue weighted by Gasteiger charge is -2.09. The van der Waals surface area contributed by atoms with E-state index in [1.54, 1.807) is 25.1 Å². The zero-order valence-corrected chi connectivity index (χ0v) is 12.0. The average molecular weight is 315 g/mol. The van der Waals surface area contributed by atoms with Crippen molar-refractivity contribution < 1.29 is 13.6 Å². The molecule has 0 spiro atoms. The van der Waals surface area contributed by atoms with E-state index in [-0.39, 0.29) is 0 Å². The van der Waals surface area contributed by atoms with Crippen molar-refractivity contribution in [3.63, 3.8) is 0 Å². The van der Waals surface area contributed by atoms with Gasteiger partial charge in [-0.2, -0.15) is 8.78 Å². The number of carbonyl (C=O) groups excluding carboxylic acids is 1. The number of nitrogens with one attached hydrogen (secondary N) is 1. The van der Waals surface area contributed by atoms with Crippen LogP contribution in [0.25, 0.3) is 0 Å². The van der Waals surface area contributed by atoms with E-state index in [4.69, 9.17) is 5.73 Å². The van der Waals surface area contributed by atoms with E-state index in [0.717, 1.165) is 11.3 Å². The molecule has 1 heterocycles. The Hall–Kier alpha value is -1.67. The number of halogens is 2. The molecule has 106 valence electrons. The molecule has 8 heteroatoms. The highest BCUT2D eigenvalue weighted by Crippen LogP contribution is 2.32. The molecule has 1 aromatic carbocycles. The van der Waals surface area contributed by atoms with Gasteiger partial charge in [-0.3, -0.25) is 4.79 Å². The van der Waals surface area contributed by atoms with E-state index in [0.29, 0.717) is 38.0 Å². The van der Waals surface area contributed by atoms with Crippen LogP contribution in [-0.2, 0) is 0 Å². The predicted octanol–water partition coefficient (Wildman–Crippen LogP) is 3.60. The van der Waals surface area contributed by atoms with Gasteiger partial charge in [0.2, 0.25) is 0 Å². The maximum absolute atomic E-state index is 12.5. The van der Waals surface area contributed by atoms with Gasteiger partial charge in [0.25, 0.3) is 11.7 Å². The number of nitrogens with zero attached hydrogens (tertiary/aromatic N) is 1. The van der Waals surface area contributed by atoms with Gasteiger partial charge >= 0.3 is 0 Å². The Morgan fingerprint density at radius 1 is 1.45 bits per heavy atom. The SMILES string of the molecule is Cc1nc(N)sc1C(=O)Nc1ccccc1SC(F)F. The molecule has 0 atom stereocenters. The first-order valence-electron chi connectivity index (χ1n) is 5.55.